The number of rotatable bonds is 5. The van der Waals surface area contributed by atoms with Gasteiger partial charge in [0, 0.05) is 29.4 Å². The van der Waals surface area contributed by atoms with E-state index < -0.39 is 17.8 Å². The minimum absolute atomic E-state index is 0.169. The van der Waals surface area contributed by atoms with Crippen molar-refractivity contribution < 1.29 is 14.7 Å². The van der Waals surface area contributed by atoms with Gasteiger partial charge in [0.15, 0.2) is 0 Å². The number of carboxylic acid groups (broad SMARTS) is 1. The molecule has 1 amide bonds. The highest BCUT2D eigenvalue weighted by molar-refractivity contribution is 6.30. The Morgan fingerprint density at radius 3 is 2.38 bits per heavy atom. The van der Waals surface area contributed by atoms with Crippen molar-refractivity contribution in [2.24, 2.45) is 11.8 Å². The Morgan fingerprint density at radius 2 is 1.76 bits per heavy atom. The molecule has 4 nitrogen and oxygen atoms in total. The standard InChI is InChI=1S/C16H20ClNO3/c17-12-7-5-11(6-8-12)9-10-18-15(19)13-3-1-2-4-14(13)16(20)21/h5-8,13-14H,1-4,9-10H2,(H,18,19)(H,20,21)/p-1/t13-,14+/m0/s1. The van der Waals surface area contributed by atoms with Crippen molar-refractivity contribution >= 4 is 23.5 Å². The first kappa shape index (κ1) is 15.8. The number of carboxylic acids is 1. The number of aliphatic carboxylic acids is 1. The fourth-order valence-electron chi connectivity index (χ4n) is 2.84. The van der Waals surface area contributed by atoms with E-state index in [4.69, 9.17) is 11.6 Å². The van der Waals surface area contributed by atoms with Crippen molar-refractivity contribution in [1.82, 2.24) is 5.32 Å². The first-order valence-electron chi connectivity index (χ1n) is 7.31. The number of benzene rings is 1. The van der Waals surface area contributed by atoms with Crippen LogP contribution in [0.25, 0.3) is 0 Å². The third kappa shape index (κ3) is 4.46. The molecule has 1 aromatic rings. The molecule has 1 saturated carbocycles. The van der Waals surface area contributed by atoms with Crippen LogP contribution in [0.15, 0.2) is 24.3 Å². The molecule has 1 N–H and O–H groups in total. The normalized spacial score (nSPS) is 21.8. The molecule has 1 fully saturated rings. The molecule has 1 aromatic carbocycles. The highest BCUT2D eigenvalue weighted by Crippen LogP contribution is 2.29. The Labute approximate surface area is 129 Å². The van der Waals surface area contributed by atoms with Crippen LogP contribution in [0.1, 0.15) is 31.2 Å². The molecule has 1 aliphatic rings. The van der Waals surface area contributed by atoms with Crippen LogP contribution in [0.4, 0.5) is 0 Å². The molecule has 2 rings (SSSR count). The van der Waals surface area contributed by atoms with E-state index in [2.05, 4.69) is 5.32 Å². The maximum atomic E-state index is 12.1. The molecule has 0 aromatic heterocycles. The van der Waals surface area contributed by atoms with E-state index in [-0.39, 0.29) is 5.91 Å². The fraction of sp³-hybridized carbons (Fsp3) is 0.500. The van der Waals surface area contributed by atoms with Gasteiger partial charge in [0.1, 0.15) is 0 Å². The summed E-state index contributed by atoms with van der Waals surface area (Å²) in [6.07, 6.45) is 3.63. The minimum Gasteiger partial charge on any atom is -0.550 e. The van der Waals surface area contributed by atoms with Crippen LogP contribution in [0.5, 0.6) is 0 Å². The molecule has 0 unspecified atom stereocenters. The smallest absolute Gasteiger partial charge is 0.223 e. The molecule has 0 bridgehead atoms. The van der Waals surface area contributed by atoms with Crippen molar-refractivity contribution in [3.8, 4) is 0 Å². The number of nitrogens with one attached hydrogen (secondary N) is 1. The van der Waals surface area contributed by atoms with Gasteiger partial charge in [0.2, 0.25) is 5.91 Å². The molecule has 2 atom stereocenters. The summed E-state index contributed by atoms with van der Waals surface area (Å²) in [6, 6.07) is 7.45. The Hall–Kier alpha value is -1.55. The van der Waals surface area contributed by atoms with Crippen molar-refractivity contribution in [2.45, 2.75) is 32.1 Å². The predicted octanol–water partition coefficient (Wildman–Crippen LogP) is 1.55. The first-order chi connectivity index (χ1) is 10.1. The fourth-order valence-corrected chi connectivity index (χ4v) is 2.97. The number of hydrogen-bond donors (Lipinski definition) is 1. The molecule has 0 spiro atoms. The van der Waals surface area contributed by atoms with Crippen LogP contribution in [-0.4, -0.2) is 18.4 Å². The van der Waals surface area contributed by atoms with Crippen molar-refractivity contribution in [1.29, 1.82) is 0 Å². The molecular formula is C16H19ClNO3-. The SMILES string of the molecule is O=C(NCCc1ccc(Cl)cc1)[C@H]1CCCC[C@H]1C(=O)[O-]. The summed E-state index contributed by atoms with van der Waals surface area (Å²) in [7, 11) is 0. The summed E-state index contributed by atoms with van der Waals surface area (Å²) < 4.78 is 0. The van der Waals surface area contributed by atoms with Gasteiger partial charge in [-0.15, -0.1) is 0 Å². The van der Waals surface area contributed by atoms with Gasteiger partial charge < -0.3 is 15.2 Å². The van der Waals surface area contributed by atoms with Gasteiger partial charge in [-0.2, -0.15) is 0 Å². The van der Waals surface area contributed by atoms with Crippen molar-refractivity contribution in [3.05, 3.63) is 34.9 Å². The van der Waals surface area contributed by atoms with Crippen molar-refractivity contribution in [2.75, 3.05) is 6.54 Å². The third-order valence-electron chi connectivity index (χ3n) is 4.03. The van der Waals surface area contributed by atoms with Gasteiger partial charge >= 0.3 is 0 Å². The second-order valence-electron chi connectivity index (χ2n) is 5.48. The monoisotopic (exact) mass is 308 g/mol. The zero-order valence-electron chi connectivity index (χ0n) is 11.8. The van der Waals surface area contributed by atoms with Crippen LogP contribution in [-0.2, 0) is 16.0 Å². The zero-order valence-corrected chi connectivity index (χ0v) is 12.6. The summed E-state index contributed by atoms with van der Waals surface area (Å²) in [5.41, 5.74) is 1.08. The highest BCUT2D eigenvalue weighted by atomic mass is 35.5. The van der Waals surface area contributed by atoms with E-state index >= 15 is 0 Å². The van der Waals surface area contributed by atoms with Crippen molar-refractivity contribution in [3.63, 3.8) is 0 Å². The Kier molecular flexibility index (Phi) is 5.62. The summed E-state index contributed by atoms with van der Waals surface area (Å²) in [6.45, 7) is 0.497. The molecule has 0 radical (unpaired) electrons. The van der Waals surface area contributed by atoms with Crippen LogP contribution < -0.4 is 10.4 Å². The number of carbonyl (C=O) groups excluding carboxylic acids is 2. The average molecular weight is 309 g/mol. The van der Waals surface area contributed by atoms with Gasteiger partial charge in [-0.1, -0.05) is 36.6 Å². The minimum atomic E-state index is -1.10. The maximum absolute atomic E-state index is 12.1. The number of hydrogen-bond acceptors (Lipinski definition) is 3. The summed E-state index contributed by atoms with van der Waals surface area (Å²) in [5, 5.41) is 14.6. The van der Waals surface area contributed by atoms with Gasteiger partial charge in [0.25, 0.3) is 0 Å². The molecule has 5 heteroatoms. The predicted molar refractivity (Wildman–Crippen MR) is 78.6 cm³/mol. The molecular weight excluding hydrogens is 290 g/mol. The Morgan fingerprint density at radius 1 is 1.14 bits per heavy atom. The van der Waals surface area contributed by atoms with Crippen LogP contribution in [0, 0.1) is 11.8 Å². The summed E-state index contributed by atoms with van der Waals surface area (Å²) >= 11 is 5.81. The van der Waals surface area contributed by atoms with Gasteiger partial charge in [0.05, 0.1) is 0 Å². The maximum Gasteiger partial charge on any atom is 0.223 e. The molecule has 0 aliphatic heterocycles. The van der Waals surface area contributed by atoms with E-state index in [1.165, 1.54) is 0 Å². The quantitative estimate of drug-likeness (QED) is 0.897. The van der Waals surface area contributed by atoms with Crippen LogP contribution in [0.3, 0.4) is 0 Å². The summed E-state index contributed by atoms with van der Waals surface area (Å²) in [5.74, 6) is -2.37. The van der Waals surface area contributed by atoms with E-state index in [9.17, 15) is 14.7 Å². The van der Waals surface area contributed by atoms with Gasteiger partial charge in [-0.3, -0.25) is 4.79 Å². The lowest BCUT2D eigenvalue weighted by Crippen LogP contribution is -2.44. The number of amides is 1. The van der Waals surface area contributed by atoms with E-state index in [0.717, 1.165) is 18.4 Å². The van der Waals surface area contributed by atoms with Crippen LogP contribution >= 0.6 is 11.6 Å². The first-order valence-corrected chi connectivity index (χ1v) is 7.68. The molecule has 21 heavy (non-hydrogen) atoms. The lowest BCUT2D eigenvalue weighted by Gasteiger charge is -2.31. The molecule has 0 heterocycles. The lowest BCUT2D eigenvalue weighted by molar-refractivity contribution is -0.314. The lowest BCUT2D eigenvalue weighted by atomic mass is 9.78. The second kappa shape index (κ2) is 7.46. The van der Waals surface area contributed by atoms with Gasteiger partial charge in [-0.05, 0) is 37.0 Å². The van der Waals surface area contributed by atoms with Crippen LogP contribution in [0.2, 0.25) is 5.02 Å². The molecule has 1 aliphatic carbocycles. The number of halogens is 1. The molecule has 114 valence electrons. The highest BCUT2D eigenvalue weighted by Gasteiger charge is 2.31. The number of carbonyl (C=O) groups is 2. The van der Waals surface area contributed by atoms with E-state index in [1.807, 2.05) is 24.3 Å². The Bertz CT molecular complexity index is 501. The summed E-state index contributed by atoms with van der Waals surface area (Å²) in [4.78, 5) is 23.2. The topological polar surface area (TPSA) is 69.2 Å². The zero-order chi connectivity index (χ0) is 15.2. The van der Waals surface area contributed by atoms with Gasteiger partial charge in [-0.25, -0.2) is 0 Å². The molecule has 0 saturated heterocycles. The average Bonchev–Trinajstić information content (AvgIpc) is 2.49. The Balaban J connectivity index is 1.83. The van der Waals surface area contributed by atoms with E-state index in [1.54, 1.807) is 0 Å². The third-order valence-corrected chi connectivity index (χ3v) is 4.28. The van der Waals surface area contributed by atoms with E-state index in [0.29, 0.717) is 30.8 Å². The second-order valence-corrected chi connectivity index (χ2v) is 5.92. The largest absolute Gasteiger partial charge is 0.550 e.